The van der Waals surface area contributed by atoms with Crippen molar-refractivity contribution in [3.8, 4) is 0 Å². The lowest BCUT2D eigenvalue weighted by molar-refractivity contribution is -0.247. The summed E-state index contributed by atoms with van der Waals surface area (Å²) in [5.41, 5.74) is 0.762. The molecule has 0 amide bonds. The average Bonchev–Trinajstić information content (AvgIpc) is 2.24. The van der Waals surface area contributed by atoms with E-state index in [2.05, 4.69) is 10.3 Å². The molecule has 1 fully saturated rings. The molecule has 16 heavy (non-hydrogen) atoms. The van der Waals surface area contributed by atoms with Gasteiger partial charge in [0, 0.05) is 0 Å². The zero-order valence-electron chi connectivity index (χ0n) is 9.37. The summed E-state index contributed by atoms with van der Waals surface area (Å²) in [6.07, 6.45) is 1.45. The van der Waals surface area contributed by atoms with E-state index in [1.54, 1.807) is 6.07 Å². The minimum absolute atomic E-state index is 0.0697. The molecule has 0 spiro atoms. The highest BCUT2D eigenvalue weighted by atomic mass is 19.1. The Hall–Kier alpha value is -1.20. The summed E-state index contributed by atoms with van der Waals surface area (Å²) in [7, 11) is 0. The molecule has 2 heterocycles. The van der Waals surface area contributed by atoms with Gasteiger partial charge in [0.15, 0.2) is 5.79 Å². The van der Waals surface area contributed by atoms with Gasteiger partial charge in [-0.15, -0.1) is 0 Å². The number of aromatic nitrogens is 1. The van der Waals surface area contributed by atoms with Crippen molar-refractivity contribution >= 4 is 5.69 Å². The van der Waals surface area contributed by atoms with Gasteiger partial charge in [0.1, 0.15) is 0 Å². The molecular formula is C11H15FN2O2. The van der Waals surface area contributed by atoms with Gasteiger partial charge in [-0.05, 0) is 26.0 Å². The Labute approximate surface area is 93.8 Å². The summed E-state index contributed by atoms with van der Waals surface area (Å²) in [5.74, 6) is -0.998. The fraction of sp³-hybridized carbons (Fsp3) is 0.545. The molecule has 1 N–H and O–H groups in total. The lowest BCUT2D eigenvalue weighted by Crippen LogP contribution is -2.45. The van der Waals surface area contributed by atoms with E-state index >= 15 is 0 Å². The largest absolute Gasteiger partial charge is 0.376 e. The molecule has 0 bridgehead atoms. The monoisotopic (exact) mass is 226 g/mol. The molecule has 5 heteroatoms. The Balaban J connectivity index is 1.89. The summed E-state index contributed by atoms with van der Waals surface area (Å²) in [6.45, 7) is 4.88. The highest BCUT2D eigenvalue weighted by Gasteiger charge is 2.28. The predicted molar refractivity (Wildman–Crippen MR) is 57.6 cm³/mol. The van der Waals surface area contributed by atoms with Crippen LogP contribution in [0.3, 0.4) is 0 Å². The number of nitrogens with one attached hydrogen (secondary N) is 1. The van der Waals surface area contributed by atoms with Crippen LogP contribution >= 0.6 is 0 Å². The Kier molecular flexibility index (Phi) is 3.07. The second kappa shape index (κ2) is 4.35. The summed E-state index contributed by atoms with van der Waals surface area (Å²) >= 11 is 0. The van der Waals surface area contributed by atoms with E-state index < -0.39 is 11.7 Å². The highest BCUT2D eigenvalue weighted by Crippen LogP contribution is 2.19. The number of hydrogen-bond acceptors (Lipinski definition) is 4. The number of anilines is 1. The van der Waals surface area contributed by atoms with Crippen molar-refractivity contribution in [2.45, 2.75) is 25.7 Å². The second-order valence-corrected chi connectivity index (χ2v) is 4.23. The summed E-state index contributed by atoms with van der Waals surface area (Å²) in [5, 5.41) is 3.17. The maximum atomic E-state index is 12.6. The highest BCUT2D eigenvalue weighted by molar-refractivity contribution is 5.41. The first-order valence-electron chi connectivity index (χ1n) is 5.21. The molecule has 1 aliphatic rings. The van der Waals surface area contributed by atoms with Crippen LogP contribution in [0.15, 0.2) is 18.3 Å². The van der Waals surface area contributed by atoms with E-state index in [9.17, 15) is 4.39 Å². The van der Waals surface area contributed by atoms with Gasteiger partial charge in [-0.1, -0.05) is 0 Å². The van der Waals surface area contributed by atoms with Crippen LogP contribution in [0, 0.1) is 5.95 Å². The molecule has 0 aliphatic carbocycles. The normalized spacial score (nSPS) is 20.7. The number of ether oxygens (including phenoxy) is 2. The smallest absolute Gasteiger partial charge is 0.212 e. The van der Waals surface area contributed by atoms with Crippen LogP contribution in [-0.2, 0) is 9.47 Å². The summed E-state index contributed by atoms with van der Waals surface area (Å²) in [6, 6.07) is 3.03. The zero-order chi connectivity index (χ0) is 11.6. The molecule has 0 aromatic carbocycles. The Morgan fingerprint density at radius 2 is 2.06 bits per heavy atom. The molecule has 0 saturated carbocycles. The Morgan fingerprint density at radius 3 is 2.62 bits per heavy atom. The van der Waals surface area contributed by atoms with Gasteiger partial charge >= 0.3 is 0 Å². The third-order valence-corrected chi connectivity index (χ3v) is 2.36. The van der Waals surface area contributed by atoms with Gasteiger partial charge < -0.3 is 14.8 Å². The third kappa shape index (κ3) is 2.90. The lowest BCUT2D eigenvalue weighted by atomic mass is 10.2. The minimum Gasteiger partial charge on any atom is -0.376 e. The van der Waals surface area contributed by atoms with Crippen molar-refractivity contribution in [2.75, 3.05) is 18.5 Å². The zero-order valence-corrected chi connectivity index (χ0v) is 9.37. The van der Waals surface area contributed by atoms with Gasteiger partial charge in [-0.3, -0.25) is 0 Å². The molecule has 1 aliphatic heterocycles. The number of halogens is 1. The first kappa shape index (κ1) is 11.3. The van der Waals surface area contributed by atoms with E-state index in [4.69, 9.17) is 9.47 Å². The van der Waals surface area contributed by atoms with Gasteiger partial charge in [0.25, 0.3) is 0 Å². The first-order chi connectivity index (χ1) is 7.55. The van der Waals surface area contributed by atoms with E-state index in [0.717, 1.165) is 5.69 Å². The molecule has 0 radical (unpaired) electrons. The van der Waals surface area contributed by atoms with Gasteiger partial charge in [-0.25, -0.2) is 4.98 Å². The van der Waals surface area contributed by atoms with Gasteiger partial charge in [0.05, 0.1) is 31.1 Å². The fourth-order valence-corrected chi connectivity index (χ4v) is 1.47. The summed E-state index contributed by atoms with van der Waals surface area (Å²) < 4.78 is 23.6. The van der Waals surface area contributed by atoms with Crippen LogP contribution in [0.2, 0.25) is 0 Å². The first-order valence-corrected chi connectivity index (χ1v) is 5.21. The lowest BCUT2D eigenvalue weighted by Gasteiger charge is -2.35. The molecule has 0 unspecified atom stereocenters. The predicted octanol–water partition coefficient (Wildman–Crippen LogP) is 1.78. The Bertz CT molecular complexity index is 344. The minimum atomic E-state index is -0.515. The molecular weight excluding hydrogens is 211 g/mol. The topological polar surface area (TPSA) is 43.4 Å². The molecule has 2 rings (SSSR count). The van der Waals surface area contributed by atoms with Crippen LogP contribution in [-0.4, -0.2) is 30.0 Å². The third-order valence-electron chi connectivity index (χ3n) is 2.36. The van der Waals surface area contributed by atoms with Gasteiger partial charge in [-0.2, -0.15) is 4.39 Å². The van der Waals surface area contributed by atoms with Crippen molar-refractivity contribution < 1.29 is 13.9 Å². The van der Waals surface area contributed by atoms with E-state index in [1.165, 1.54) is 12.3 Å². The van der Waals surface area contributed by atoms with Crippen molar-refractivity contribution in [2.24, 2.45) is 0 Å². The van der Waals surface area contributed by atoms with E-state index in [-0.39, 0.29) is 6.04 Å². The number of hydrogen-bond donors (Lipinski definition) is 1. The van der Waals surface area contributed by atoms with Crippen LogP contribution in [0.1, 0.15) is 13.8 Å². The van der Waals surface area contributed by atoms with Gasteiger partial charge in [0.2, 0.25) is 5.95 Å². The van der Waals surface area contributed by atoms with E-state index in [1.807, 2.05) is 13.8 Å². The molecule has 1 saturated heterocycles. The Morgan fingerprint density at radius 1 is 1.38 bits per heavy atom. The summed E-state index contributed by atoms with van der Waals surface area (Å²) in [4.78, 5) is 3.56. The standard InChI is InChI=1S/C11H15FN2O2/c1-11(2)15-6-9(7-16-11)14-8-3-4-10(12)13-5-8/h3-5,9,14H,6-7H2,1-2H3. The van der Waals surface area contributed by atoms with Crippen LogP contribution in [0.5, 0.6) is 0 Å². The molecule has 88 valence electrons. The second-order valence-electron chi connectivity index (χ2n) is 4.23. The number of nitrogens with zero attached hydrogens (tertiary/aromatic N) is 1. The maximum absolute atomic E-state index is 12.6. The fourth-order valence-electron chi connectivity index (χ4n) is 1.47. The van der Waals surface area contributed by atoms with Crippen molar-refractivity contribution in [1.29, 1.82) is 0 Å². The van der Waals surface area contributed by atoms with Crippen molar-refractivity contribution in [3.05, 3.63) is 24.3 Å². The molecule has 4 nitrogen and oxygen atoms in total. The number of pyridine rings is 1. The molecule has 1 aromatic rings. The molecule has 0 atom stereocenters. The molecule has 1 aromatic heterocycles. The van der Waals surface area contributed by atoms with E-state index in [0.29, 0.717) is 13.2 Å². The quantitative estimate of drug-likeness (QED) is 0.781. The average molecular weight is 226 g/mol. The van der Waals surface area contributed by atoms with Crippen molar-refractivity contribution in [1.82, 2.24) is 4.98 Å². The van der Waals surface area contributed by atoms with Crippen molar-refractivity contribution in [3.63, 3.8) is 0 Å². The van der Waals surface area contributed by atoms with Crippen LogP contribution in [0.25, 0.3) is 0 Å². The number of rotatable bonds is 2. The SMILES string of the molecule is CC1(C)OCC(Nc2ccc(F)nc2)CO1. The van der Waals surface area contributed by atoms with Crippen LogP contribution in [0.4, 0.5) is 10.1 Å². The van der Waals surface area contributed by atoms with Crippen LogP contribution < -0.4 is 5.32 Å². The maximum Gasteiger partial charge on any atom is 0.212 e.